The zero-order valence-corrected chi connectivity index (χ0v) is 4.87. The minimum atomic E-state index is -3.16. The Balaban J connectivity index is 2.60. The van der Waals surface area contributed by atoms with Gasteiger partial charge in [-0.3, -0.25) is 0 Å². The summed E-state index contributed by atoms with van der Waals surface area (Å²) in [5.74, 6) is 0. The summed E-state index contributed by atoms with van der Waals surface area (Å²) in [6.45, 7) is 0. The number of hydrogen-bond donors (Lipinski definition) is 1. The molecule has 4 nitrogen and oxygen atoms in total. The normalized spacial score (nSPS) is 24.4. The Morgan fingerprint density at radius 2 is 2.14 bits per heavy atom. The molecule has 0 aromatic heterocycles. The largest absolute Gasteiger partial charge is 0.516 e. The first kappa shape index (κ1) is 5.03. The monoisotopic (exact) mass is 139 g/mol. The first-order valence-electron chi connectivity index (χ1n) is 1.42. The molecule has 0 spiro atoms. The molecule has 0 atom stereocenters. The zero-order valence-electron chi connectivity index (χ0n) is 3.16. The van der Waals surface area contributed by atoms with E-state index >= 15 is 0 Å². The van der Waals surface area contributed by atoms with Crippen molar-refractivity contribution in [1.82, 2.24) is 0 Å². The maximum Gasteiger partial charge on any atom is 0.516 e. The second-order valence-electron chi connectivity index (χ2n) is 0.972. The van der Waals surface area contributed by atoms with Gasteiger partial charge in [0.25, 0.3) is 0 Å². The van der Waals surface area contributed by atoms with Crippen molar-refractivity contribution >= 4 is 25.2 Å². The highest BCUT2D eigenvalue weighted by molar-refractivity contribution is 7.81. The quantitative estimate of drug-likeness (QED) is 0.388. The molecule has 1 aliphatic heterocycles. The highest BCUT2D eigenvalue weighted by atomic mass is 32.1. The summed E-state index contributed by atoms with van der Waals surface area (Å²) in [6.07, 6.45) is 0. The first-order chi connectivity index (χ1) is 3.10. The summed E-state index contributed by atoms with van der Waals surface area (Å²) >= 11 is 4.24. The van der Waals surface area contributed by atoms with Crippen LogP contribution < -0.4 is 5.50 Å². The Morgan fingerprint density at radius 1 is 1.71 bits per heavy atom. The Morgan fingerprint density at radius 3 is 2.14 bits per heavy atom. The lowest BCUT2D eigenvalue weighted by Crippen LogP contribution is -2.21. The summed E-state index contributed by atoms with van der Waals surface area (Å²) in [6, 6.07) is 0. The Kier molecular flexibility index (Phi) is 0.849. The Bertz CT molecular complexity index is 143. The highest BCUT2D eigenvalue weighted by Gasteiger charge is 2.36. The standard InChI is InChI=1S/CH2NO3PS/c2-6(3)4-1(7)5-6/h(H2,2,3). The molecule has 2 N–H and O–H groups in total. The maximum atomic E-state index is 10.1. The van der Waals surface area contributed by atoms with Crippen molar-refractivity contribution in [2.45, 2.75) is 0 Å². The fourth-order valence-corrected chi connectivity index (χ4v) is 1.27. The molecule has 0 saturated carbocycles. The third-order valence-electron chi connectivity index (χ3n) is 0.404. The van der Waals surface area contributed by atoms with Crippen LogP contribution in [0.1, 0.15) is 0 Å². The van der Waals surface area contributed by atoms with Crippen LogP contribution in [0.3, 0.4) is 0 Å². The van der Waals surface area contributed by atoms with Gasteiger partial charge in [-0.05, 0) is 0 Å². The molecule has 0 amide bonds. The van der Waals surface area contributed by atoms with Crippen LogP contribution >= 0.6 is 20.0 Å². The van der Waals surface area contributed by atoms with Gasteiger partial charge in [0.2, 0.25) is 0 Å². The number of rotatable bonds is 0. The smallest absolute Gasteiger partial charge is 0.361 e. The molecule has 0 aromatic rings. The van der Waals surface area contributed by atoms with Crippen molar-refractivity contribution in [3.63, 3.8) is 0 Å². The molecule has 40 valence electrons. The second-order valence-corrected chi connectivity index (χ2v) is 2.75. The van der Waals surface area contributed by atoms with E-state index in [2.05, 4.69) is 21.3 Å². The number of hydrogen-bond acceptors (Lipinski definition) is 4. The van der Waals surface area contributed by atoms with Crippen molar-refractivity contribution in [3.05, 3.63) is 0 Å². The molecule has 7 heavy (non-hydrogen) atoms. The van der Waals surface area contributed by atoms with E-state index in [0.717, 1.165) is 0 Å². The molecule has 0 bridgehead atoms. The second kappa shape index (κ2) is 1.18. The highest BCUT2D eigenvalue weighted by Crippen LogP contribution is 2.49. The lowest BCUT2D eigenvalue weighted by Gasteiger charge is -2.22. The van der Waals surface area contributed by atoms with Crippen molar-refractivity contribution in [3.8, 4) is 0 Å². The maximum absolute atomic E-state index is 10.1. The average molecular weight is 139 g/mol. The molecule has 1 fully saturated rings. The number of thiocarbonyl (C=S) groups is 1. The molecule has 6 heteroatoms. The lowest BCUT2D eigenvalue weighted by atomic mass is 11.5. The van der Waals surface area contributed by atoms with Crippen LogP contribution in [0.15, 0.2) is 0 Å². The van der Waals surface area contributed by atoms with Crippen LogP contribution in [0, 0.1) is 0 Å². The van der Waals surface area contributed by atoms with E-state index in [-0.39, 0.29) is 5.24 Å². The lowest BCUT2D eigenvalue weighted by molar-refractivity contribution is 0.260. The Hall–Kier alpha value is -0.120. The van der Waals surface area contributed by atoms with Gasteiger partial charge in [-0.1, -0.05) is 0 Å². The third-order valence-corrected chi connectivity index (χ3v) is 1.66. The van der Waals surface area contributed by atoms with Gasteiger partial charge in [0.1, 0.15) is 0 Å². The van der Waals surface area contributed by atoms with Crippen LogP contribution in [0.2, 0.25) is 0 Å². The van der Waals surface area contributed by atoms with E-state index in [9.17, 15) is 4.57 Å². The SMILES string of the molecule is NP1(=O)OC(=S)O1. The Labute approximate surface area is 45.2 Å². The molecule has 0 aromatic carbocycles. The van der Waals surface area contributed by atoms with Crippen molar-refractivity contribution in [1.29, 1.82) is 0 Å². The number of nitrogens with two attached hydrogens (primary N) is 1. The van der Waals surface area contributed by atoms with Gasteiger partial charge in [0.15, 0.2) is 0 Å². The summed E-state index contributed by atoms with van der Waals surface area (Å²) < 4.78 is 18.5. The van der Waals surface area contributed by atoms with Crippen LogP contribution in [0.4, 0.5) is 0 Å². The van der Waals surface area contributed by atoms with Crippen LogP contribution in [0.5, 0.6) is 0 Å². The van der Waals surface area contributed by atoms with Gasteiger partial charge in [-0.15, -0.1) is 0 Å². The first-order valence-corrected chi connectivity index (χ1v) is 3.44. The zero-order chi connectivity index (χ0) is 5.49. The summed E-state index contributed by atoms with van der Waals surface area (Å²) in [7, 11) is -3.16. The van der Waals surface area contributed by atoms with Gasteiger partial charge in [-0.2, -0.15) is 0 Å². The van der Waals surface area contributed by atoms with Crippen LogP contribution in [0.25, 0.3) is 0 Å². The molecular weight excluding hydrogens is 137 g/mol. The molecule has 1 saturated heterocycles. The van der Waals surface area contributed by atoms with E-state index in [1.807, 2.05) is 0 Å². The minimum Gasteiger partial charge on any atom is -0.361 e. The predicted octanol–water partition coefficient (Wildman–Crippen LogP) is 0.385. The molecule has 1 aliphatic rings. The van der Waals surface area contributed by atoms with Crippen molar-refractivity contribution < 1.29 is 13.6 Å². The predicted molar refractivity (Wildman–Crippen MR) is 26.6 cm³/mol. The van der Waals surface area contributed by atoms with E-state index in [1.165, 1.54) is 0 Å². The van der Waals surface area contributed by atoms with Crippen molar-refractivity contribution in [2.24, 2.45) is 5.50 Å². The van der Waals surface area contributed by atoms with Gasteiger partial charge < -0.3 is 9.05 Å². The summed E-state index contributed by atoms with van der Waals surface area (Å²) in [5.41, 5.74) is 4.74. The molecule has 0 radical (unpaired) electrons. The van der Waals surface area contributed by atoms with Crippen LogP contribution in [-0.4, -0.2) is 5.24 Å². The van der Waals surface area contributed by atoms with Crippen molar-refractivity contribution in [2.75, 3.05) is 0 Å². The fraction of sp³-hybridized carbons (Fsp3) is 0. The van der Waals surface area contributed by atoms with E-state index < -0.39 is 7.75 Å². The molecule has 1 heterocycles. The molecule has 0 aliphatic carbocycles. The van der Waals surface area contributed by atoms with Gasteiger partial charge in [-0.25, -0.2) is 10.1 Å². The van der Waals surface area contributed by atoms with Gasteiger partial charge >= 0.3 is 13.0 Å². The third kappa shape index (κ3) is 0.907. The molecule has 1 rings (SSSR count). The van der Waals surface area contributed by atoms with E-state index in [4.69, 9.17) is 5.50 Å². The minimum absolute atomic E-state index is 0.133. The van der Waals surface area contributed by atoms with E-state index in [0.29, 0.717) is 0 Å². The molecular formula is CH2NO3PS. The average Bonchev–Trinajstić information content (AvgIpc) is 1.27. The summed E-state index contributed by atoms with van der Waals surface area (Å²) in [5, 5.41) is -0.133. The van der Waals surface area contributed by atoms with E-state index in [1.54, 1.807) is 0 Å². The fourth-order valence-electron chi connectivity index (χ4n) is 0.215. The van der Waals surface area contributed by atoms with Gasteiger partial charge in [0.05, 0.1) is 0 Å². The summed E-state index contributed by atoms with van der Waals surface area (Å²) in [4.78, 5) is 0. The molecule has 0 unspecified atom stereocenters. The van der Waals surface area contributed by atoms with Crippen LogP contribution in [-0.2, 0) is 13.6 Å². The van der Waals surface area contributed by atoms with Gasteiger partial charge in [0, 0.05) is 12.2 Å². The topological polar surface area (TPSA) is 61.6 Å².